The van der Waals surface area contributed by atoms with Gasteiger partial charge in [0.05, 0.1) is 23.2 Å². The summed E-state index contributed by atoms with van der Waals surface area (Å²) >= 11 is 1.74. The van der Waals surface area contributed by atoms with Crippen LogP contribution >= 0.6 is 11.3 Å². The lowest BCUT2D eigenvalue weighted by Gasteiger charge is -2.41. The van der Waals surface area contributed by atoms with Gasteiger partial charge in [0.15, 0.2) is 0 Å². The number of nitrogens with zero attached hydrogens (tertiary/aromatic N) is 1. The van der Waals surface area contributed by atoms with Crippen LogP contribution in [0.3, 0.4) is 0 Å². The van der Waals surface area contributed by atoms with Crippen molar-refractivity contribution in [1.82, 2.24) is 4.90 Å². The second-order valence-corrected chi connectivity index (χ2v) is 7.07. The molecule has 0 aromatic carbocycles. The predicted octanol–water partition coefficient (Wildman–Crippen LogP) is 2.48. The molecule has 1 saturated heterocycles. The van der Waals surface area contributed by atoms with Gasteiger partial charge in [0.2, 0.25) is 0 Å². The molecule has 0 radical (unpaired) electrons. The number of hydrogen-bond donors (Lipinski definition) is 1. The van der Waals surface area contributed by atoms with Gasteiger partial charge in [-0.05, 0) is 32.9 Å². The summed E-state index contributed by atoms with van der Waals surface area (Å²) in [5, 5.41) is 8.72. The molecule has 1 aromatic rings. The normalized spacial score (nSPS) is 22.3. The van der Waals surface area contributed by atoms with Crippen molar-refractivity contribution in [3.8, 4) is 11.8 Å². The number of rotatable bonds is 3. The molecule has 2 rings (SSSR count). The van der Waals surface area contributed by atoms with Crippen molar-refractivity contribution in [3.05, 3.63) is 21.9 Å². The minimum Gasteiger partial charge on any atom is -0.395 e. The second kappa shape index (κ2) is 6.73. The molecular weight excluding hydrogens is 270 g/mol. The highest BCUT2D eigenvalue weighted by atomic mass is 32.1. The fraction of sp³-hybridized carbons (Fsp3) is 0.625. The molecule has 1 aliphatic heterocycles. The van der Waals surface area contributed by atoms with Crippen molar-refractivity contribution in [2.45, 2.75) is 45.4 Å². The number of aliphatic hydroxyl groups is 1. The molecular formula is C16H23NO2S. The molecule has 0 bridgehead atoms. The van der Waals surface area contributed by atoms with Gasteiger partial charge in [-0.15, -0.1) is 11.3 Å². The first-order valence-corrected chi connectivity index (χ1v) is 7.89. The SMILES string of the molecule is CC1CN(Cc2ccc(C#CCCO)s2)CC(C)(C)O1. The molecule has 3 nitrogen and oxygen atoms in total. The standard InChI is InChI=1S/C16H23NO2S/c1-13-10-17(12-16(2,3)19-13)11-15-8-7-14(20-15)6-4-5-9-18/h7-8,13,18H,5,9-12H2,1-3H3. The van der Waals surface area contributed by atoms with Gasteiger partial charge < -0.3 is 9.84 Å². The molecule has 20 heavy (non-hydrogen) atoms. The highest BCUT2D eigenvalue weighted by Gasteiger charge is 2.31. The molecule has 0 amide bonds. The molecule has 4 heteroatoms. The molecule has 1 fully saturated rings. The Bertz CT molecular complexity index is 498. The Morgan fingerprint density at radius 3 is 3.00 bits per heavy atom. The average Bonchev–Trinajstić information content (AvgIpc) is 2.74. The van der Waals surface area contributed by atoms with E-state index in [1.54, 1.807) is 11.3 Å². The van der Waals surface area contributed by atoms with E-state index in [-0.39, 0.29) is 18.3 Å². The van der Waals surface area contributed by atoms with Crippen LogP contribution in [0.15, 0.2) is 12.1 Å². The summed E-state index contributed by atoms with van der Waals surface area (Å²) in [5.74, 6) is 6.06. The molecule has 0 saturated carbocycles. The van der Waals surface area contributed by atoms with Gasteiger partial charge in [0, 0.05) is 30.9 Å². The number of hydrogen-bond acceptors (Lipinski definition) is 4. The fourth-order valence-corrected chi connectivity index (χ4v) is 3.59. The first kappa shape index (κ1) is 15.5. The van der Waals surface area contributed by atoms with Gasteiger partial charge in [-0.2, -0.15) is 0 Å². The Labute approximate surface area is 125 Å². The van der Waals surface area contributed by atoms with Crippen LogP contribution in [0.25, 0.3) is 0 Å². The Kier molecular flexibility index (Phi) is 5.22. The molecule has 1 aliphatic rings. The van der Waals surface area contributed by atoms with E-state index < -0.39 is 0 Å². The minimum absolute atomic E-state index is 0.0707. The van der Waals surface area contributed by atoms with Gasteiger partial charge in [0.25, 0.3) is 0 Å². The van der Waals surface area contributed by atoms with Crippen LogP contribution in [-0.4, -0.2) is 41.4 Å². The maximum absolute atomic E-state index is 8.72. The van der Waals surface area contributed by atoms with E-state index >= 15 is 0 Å². The molecule has 0 spiro atoms. The van der Waals surface area contributed by atoms with Gasteiger partial charge in [-0.25, -0.2) is 0 Å². The Morgan fingerprint density at radius 2 is 2.30 bits per heavy atom. The Morgan fingerprint density at radius 1 is 1.50 bits per heavy atom. The van der Waals surface area contributed by atoms with Crippen LogP contribution in [0.1, 0.15) is 36.9 Å². The van der Waals surface area contributed by atoms with Crippen molar-refractivity contribution in [1.29, 1.82) is 0 Å². The average molecular weight is 293 g/mol. The molecule has 1 unspecified atom stereocenters. The van der Waals surface area contributed by atoms with E-state index in [0.29, 0.717) is 6.42 Å². The molecule has 110 valence electrons. The minimum atomic E-state index is -0.0707. The van der Waals surface area contributed by atoms with E-state index in [1.807, 2.05) is 0 Å². The third-order valence-corrected chi connectivity index (χ3v) is 4.11. The molecule has 2 heterocycles. The van der Waals surface area contributed by atoms with Crippen molar-refractivity contribution >= 4 is 11.3 Å². The second-order valence-electron chi connectivity index (χ2n) is 5.90. The van der Waals surface area contributed by atoms with Crippen molar-refractivity contribution in [2.24, 2.45) is 0 Å². The summed E-state index contributed by atoms with van der Waals surface area (Å²) in [5.41, 5.74) is -0.0707. The zero-order chi connectivity index (χ0) is 14.6. The lowest BCUT2D eigenvalue weighted by molar-refractivity contribution is -0.130. The zero-order valence-electron chi connectivity index (χ0n) is 12.5. The Balaban J connectivity index is 1.95. The molecule has 1 atom stereocenters. The first-order chi connectivity index (χ1) is 9.48. The molecule has 0 aliphatic carbocycles. The van der Waals surface area contributed by atoms with Gasteiger partial charge >= 0.3 is 0 Å². The maximum Gasteiger partial charge on any atom is 0.0771 e. The molecule has 1 aromatic heterocycles. The van der Waals surface area contributed by atoms with E-state index in [4.69, 9.17) is 9.84 Å². The van der Waals surface area contributed by atoms with Gasteiger partial charge in [0.1, 0.15) is 0 Å². The summed E-state index contributed by atoms with van der Waals surface area (Å²) < 4.78 is 5.93. The predicted molar refractivity (Wildman–Crippen MR) is 82.8 cm³/mol. The van der Waals surface area contributed by atoms with Crippen LogP contribution < -0.4 is 0 Å². The monoisotopic (exact) mass is 293 g/mol. The number of ether oxygens (including phenoxy) is 1. The van der Waals surface area contributed by atoms with Crippen LogP contribution in [0.4, 0.5) is 0 Å². The first-order valence-electron chi connectivity index (χ1n) is 7.07. The van der Waals surface area contributed by atoms with E-state index in [1.165, 1.54) is 4.88 Å². The summed E-state index contributed by atoms with van der Waals surface area (Å²) in [6, 6.07) is 4.22. The smallest absolute Gasteiger partial charge is 0.0771 e. The summed E-state index contributed by atoms with van der Waals surface area (Å²) in [6.07, 6.45) is 0.824. The topological polar surface area (TPSA) is 32.7 Å². The van der Waals surface area contributed by atoms with Crippen LogP contribution in [-0.2, 0) is 11.3 Å². The van der Waals surface area contributed by atoms with E-state index in [0.717, 1.165) is 24.5 Å². The van der Waals surface area contributed by atoms with E-state index in [2.05, 4.69) is 49.6 Å². The van der Waals surface area contributed by atoms with Crippen molar-refractivity contribution in [3.63, 3.8) is 0 Å². The number of thiophene rings is 1. The van der Waals surface area contributed by atoms with Crippen LogP contribution in [0.5, 0.6) is 0 Å². The maximum atomic E-state index is 8.72. The fourth-order valence-electron chi connectivity index (χ4n) is 2.66. The lowest BCUT2D eigenvalue weighted by atomic mass is 10.1. The van der Waals surface area contributed by atoms with Gasteiger partial charge in [-0.1, -0.05) is 11.8 Å². The number of aliphatic hydroxyl groups excluding tert-OH is 1. The lowest BCUT2D eigenvalue weighted by Crippen LogP contribution is -2.51. The summed E-state index contributed by atoms with van der Waals surface area (Å²) in [6.45, 7) is 9.46. The third-order valence-electron chi connectivity index (χ3n) is 3.13. The Hall–Kier alpha value is -0.860. The van der Waals surface area contributed by atoms with Gasteiger partial charge in [-0.3, -0.25) is 4.90 Å². The van der Waals surface area contributed by atoms with Crippen LogP contribution in [0, 0.1) is 11.8 Å². The summed E-state index contributed by atoms with van der Waals surface area (Å²) in [7, 11) is 0. The van der Waals surface area contributed by atoms with E-state index in [9.17, 15) is 0 Å². The van der Waals surface area contributed by atoms with Crippen LogP contribution in [0.2, 0.25) is 0 Å². The molecule has 1 N–H and O–H groups in total. The number of morpholine rings is 1. The van der Waals surface area contributed by atoms with Crippen molar-refractivity contribution in [2.75, 3.05) is 19.7 Å². The zero-order valence-corrected chi connectivity index (χ0v) is 13.3. The largest absolute Gasteiger partial charge is 0.395 e. The summed E-state index contributed by atoms with van der Waals surface area (Å²) in [4.78, 5) is 4.86. The third kappa shape index (κ3) is 4.60. The van der Waals surface area contributed by atoms with Crippen molar-refractivity contribution < 1.29 is 9.84 Å². The highest BCUT2D eigenvalue weighted by molar-refractivity contribution is 7.12. The quantitative estimate of drug-likeness (QED) is 0.869. The highest BCUT2D eigenvalue weighted by Crippen LogP contribution is 2.24.